The predicted molar refractivity (Wildman–Crippen MR) is 142 cm³/mol. The molecule has 0 aliphatic carbocycles. The summed E-state index contributed by atoms with van der Waals surface area (Å²) in [5.74, 6) is 0. The van der Waals surface area contributed by atoms with Crippen LogP contribution in [-0.4, -0.2) is 19.6 Å². The quantitative estimate of drug-likeness (QED) is 0.273. The van der Waals surface area contributed by atoms with Gasteiger partial charge in [-0.05, 0) is 36.4 Å². The molecular formula is C29H23N5S. The number of nitrogens with zero attached hydrogens (tertiary/aromatic N) is 5. The van der Waals surface area contributed by atoms with Crippen LogP contribution in [0.5, 0.6) is 0 Å². The van der Waals surface area contributed by atoms with Gasteiger partial charge in [-0.2, -0.15) is 0 Å². The second-order valence-electron chi connectivity index (χ2n) is 8.78. The van der Waals surface area contributed by atoms with Crippen LogP contribution in [0.15, 0.2) is 113 Å². The normalized spacial score (nSPS) is 12.7. The topological polar surface area (TPSA) is 38.9 Å². The molecule has 170 valence electrons. The van der Waals surface area contributed by atoms with Crippen LogP contribution in [0.1, 0.15) is 5.69 Å². The molecule has 1 aliphatic rings. The summed E-state index contributed by atoms with van der Waals surface area (Å²) in [7, 11) is 0. The molecule has 5 nitrogen and oxygen atoms in total. The van der Waals surface area contributed by atoms with Gasteiger partial charge in [0.1, 0.15) is 5.69 Å². The van der Waals surface area contributed by atoms with E-state index in [0.717, 1.165) is 18.8 Å². The molecule has 0 radical (unpaired) electrons. The van der Waals surface area contributed by atoms with E-state index in [4.69, 9.17) is 0 Å². The lowest BCUT2D eigenvalue weighted by Gasteiger charge is -2.32. The summed E-state index contributed by atoms with van der Waals surface area (Å²) in [5.41, 5.74) is 5.91. The molecule has 0 N–H and O–H groups in total. The summed E-state index contributed by atoms with van der Waals surface area (Å²) in [6.07, 6.45) is 2.08. The molecule has 1 aliphatic heterocycles. The molecule has 0 fully saturated rings. The lowest BCUT2D eigenvalue weighted by Crippen LogP contribution is -2.20. The molecule has 4 aromatic carbocycles. The fraction of sp³-hybridized carbons (Fsp3) is 0.103. The van der Waals surface area contributed by atoms with Gasteiger partial charge in [-0.3, -0.25) is 4.68 Å². The van der Waals surface area contributed by atoms with Crippen LogP contribution < -0.4 is 4.90 Å². The number of para-hydroxylation sites is 4. The first-order valence-corrected chi connectivity index (χ1v) is 12.7. The smallest absolute Gasteiger partial charge is 0.102 e. The fourth-order valence-electron chi connectivity index (χ4n) is 5.08. The van der Waals surface area contributed by atoms with Gasteiger partial charge in [-0.1, -0.05) is 77.6 Å². The lowest BCUT2D eigenvalue weighted by atomic mass is 10.2. The summed E-state index contributed by atoms with van der Waals surface area (Å²) in [6.45, 7) is 2.28. The maximum atomic E-state index is 4.54. The zero-order valence-electron chi connectivity index (χ0n) is 19.1. The zero-order valence-corrected chi connectivity index (χ0v) is 19.9. The van der Waals surface area contributed by atoms with Crippen molar-refractivity contribution in [2.75, 3.05) is 4.90 Å². The minimum atomic E-state index is 0.684. The second-order valence-corrected chi connectivity index (χ2v) is 9.87. The Balaban J connectivity index is 1.16. The highest BCUT2D eigenvalue weighted by atomic mass is 32.2. The summed E-state index contributed by atoms with van der Waals surface area (Å²) in [5, 5.41) is 11.6. The van der Waals surface area contributed by atoms with Gasteiger partial charge in [0, 0.05) is 38.1 Å². The van der Waals surface area contributed by atoms with E-state index in [1.807, 2.05) is 16.4 Å². The fourth-order valence-corrected chi connectivity index (χ4v) is 6.18. The van der Waals surface area contributed by atoms with Crippen LogP contribution in [0.25, 0.3) is 21.8 Å². The zero-order chi connectivity index (χ0) is 23.2. The lowest BCUT2D eigenvalue weighted by molar-refractivity contribution is 0.534. The number of aryl methyl sites for hydroxylation is 2. The second kappa shape index (κ2) is 8.32. The molecule has 0 atom stereocenters. The van der Waals surface area contributed by atoms with Crippen LogP contribution in [-0.2, 0) is 19.6 Å². The molecule has 35 heavy (non-hydrogen) atoms. The summed E-state index contributed by atoms with van der Waals surface area (Å²) in [4.78, 5) is 4.89. The van der Waals surface area contributed by atoms with Crippen molar-refractivity contribution in [2.24, 2.45) is 0 Å². The minimum Gasteiger partial charge on any atom is -0.339 e. The maximum absolute atomic E-state index is 4.54. The van der Waals surface area contributed by atoms with Gasteiger partial charge in [0.15, 0.2) is 0 Å². The Hall–Kier alpha value is -4.03. The van der Waals surface area contributed by atoms with Crippen LogP contribution in [0.3, 0.4) is 0 Å². The molecule has 2 aromatic heterocycles. The van der Waals surface area contributed by atoms with Gasteiger partial charge >= 0.3 is 0 Å². The molecule has 6 aromatic rings. The number of hydrogen-bond donors (Lipinski definition) is 0. The summed E-state index contributed by atoms with van der Waals surface area (Å²) >= 11 is 1.82. The van der Waals surface area contributed by atoms with E-state index < -0.39 is 0 Å². The van der Waals surface area contributed by atoms with Crippen molar-refractivity contribution in [1.29, 1.82) is 0 Å². The molecule has 7 rings (SSSR count). The third-order valence-corrected chi connectivity index (χ3v) is 7.80. The van der Waals surface area contributed by atoms with Gasteiger partial charge in [-0.15, -0.1) is 5.10 Å². The molecule has 3 heterocycles. The highest BCUT2D eigenvalue weighted by Gasteiger charge is 2.23. The van der Waals surface area contributed by atoms with Crippen molar-refractivity contribution < 1.29 is 0 Å². The first kappa shape index (κ1) is 20.4. The molecule has 0 saturated carbocycles. The highest BCUT2D eigenvalue weighted by Crippen LogP contribution is 2.48. The molecular weight excluding hydrogens is 450 g/mol. The van der Waals surface area contributed by atoms with Gasteiger partial charge in [0.2, 0.25) is 0 Å². The van der Waals surface area contributed by atoms with Gasteiger partial charge in [0.05, 0.1) is 30.7 Å². The van der Waals surface area contributed by atoms with E-state index in [9.17, 15) is 0 Å². The third kappa shape index (κ3) is 3.49. The largest absolute Gasteiger partial charge is 0.339 e. The molecule has 0 saturated heterocycles. The summed E-state index contributed by atoms with van der Waals surface area (Å²) < 4.78 is 4.36. The third-order valence-electron chi connectivity index (χ3n) is 6.67. The van der Waals surface area contributed by atoms with Crippen molar-refractivity contribution in [3.8, 4) is 0 Å². The Labute approximate surface area is 207 Å². The molecule has 0 spiro atoms. The van der Waals surface area contributed by atoms with Gasteiger partial charge in [0.25, 0.3) is 0 Å². The number of benzene rings is 4. The van der Waals surface area contributed by atoms with Crippen LogP contribution in [0.4, 0.5) is 11.4 Å². The number of aromatic nitrogens is 4. The number of hydrogen-bond acceptors (Lipinski definition) is 4. The average molecular weight is 474 g/mol. The Morgan fingerprint density at radius 2 is 1.20 bits per heavy atom. The Morgan fingerprint density at radius 3 is 1.86 bits per heavy atom. The Kier molecular flexibility index (Phi) is 4.84. The molecule has 6 heteroatoms. The Morgan fingerprint density at radius 1 is 0.629 bits per heavy atom. The molecule has 0 unspecified atom stereocenters. The summed E-state index contributed by atoms with van der Waals surface area (Å²) in [6, 6.07) is 34.4. The Bertz CT molecular complexity index is 1580. The standard InChI is InChI=1S/C29H23N5S/c1-3-11-24-22(9-1)23-10-2-4-12-25(23)33(24)18-17-32-19-21(30-31-32)20-34-26-13-5-7-15-28(26)35-29-16-8-6-14-27(29)34/h1-16,19H,17-18,20H2. The predicted octanol–water partition coefficient (Wildman–Crippen LogP) is 6.89. The van der Waals surface area contributed by atoms with Crippen LogP contribution >= 0.6 is 11.8 Å². The van der Waals surface area contributed by atoms with Crippen molar-refractivity contribution in [2.45, 2.75) is 29.4 Å². The van der Waals surface area contributed by atoms with Crippen LogP contribution in [0.2, 0.25) is 0 Å². The van der Waals surface area contributed by atoms with Gasteiger partial charge in [-0.25, -0.2) is 0 Å². The molecule has 0 bridgehead atoms. The van der Waals surface area contributed by atoms with E-state index in [0.29, 0.717) is 6.54 Å². The molecule has 0 amide bonds. The van der Waals surface area contributed by atoms with E-state index in [-0.39, 0.29) is 0 Å². The van der Waals surface area contributed by atoms with Crippen molar-refractivity contribution in [3.63, 3.8) is 0 Å². The van der Waals surface area contributed by atoms with Crippen LogP contribution in [0, 0.1) is 0 Å². The number of anilines is 2. The van der Waals surface area contributed by atoms with E-state index in [2.05, 4.69) is 123 Å². The first-order valence-electron chi connectivity index (χ1n) is 11.8. The van der Waals surface area contributed by atoms with Crippen molar-refractivity contribution in [3.05, 3.63) is 109 Å². The SMILES string of the molecule is c1ccc2c(c1)Sc1ccccc1N2Cc1cn(CCn2c3ccccc3c3ccccc32)nn1. The van der Waals surface area contributed by atoms with Crippen molar-refractivity contribution in [1.82, 2.24) is 19.6 Å². The van der Waals surface area contributed by atoms with E-state index in [1.165, 1.54) is 43.0 Å². The highest BCUT2D eigenvalue weighted by molar-refractivity contribution is 7.99. The van der Waals surface area contributed by atoms with Gasteiger partial charge < -0.3 is 9.47 Å². The number of rotatable bonds is 5. The van der Waals surface area contributed by atoms with E-state index in [1.54, 1.807) is 0 Å². The first-order chi connectivity index (χ1) is 17.3. The maximum Gasteiger partial charge on any atom is 0.102 e. The number of fused-ring (bicyclic) bond motifs is 5. The van der Waals surface area contributed by atoms with E-state index >= 15 is 0 Å². The van der Waals surface area contributed by atoms with Crippen molar-refractivity contribution >= 4 is 44.9 Å². The minimum absolute atomic E-state index is 0.684. The average Bonchev–Trinajstić information content (AvgIpc) is 3.49. The monoisotopic (exact) mass is 473 g/mol.